The van der Waals surface area contributed by atoms with Crippen molar-refractivity contribution >= 4 is 15.7 Å². The molecule has 0 aliphatic carbocycles. The van der Waals surface area contributed by atoms with Crippen LogP contribution < -0.4 is 5.32 Å². The lowest BCUT2D eigenvalue weighted by Crippen LogP contribution is -2.30. The van der Waals surface area contributed by atoms with Crippen LogP contribution in [0.25, 0.3) is 0 Å². The number of carbonyl (C=O) groups is 1. The average molecular weight is 376 g/mol. The Bertz CT molecular complexity index is 470. The highest BCUT2D eigenvalue weighted by atomic mass is 32.2. The number of hydrogen-bond acceptors (Lipinski definition) is 3. The molecule has 0 aromatic carbocycles. The van der Waals surface area contributed by atoms with Crippen molar-refractivity contribution in [1.82, 2.24) is 5.32 Å². The zero-order chi connectivity index (χ0) is 19.6. The van der Waals surface area contributed by atoms with Crippen molar-refractivity contribution in [3.05, 3.63) is 0 Å². The molecule has 0 aliphatic rings. The molecule has 4 nitrogen and oxygen atoms in total. The van der Waals surface area contributed by atoms with E-state index in [4.69, 9.17) is 0 Å². The molecule has 25 heavy (non-hydrogen) atoms. The summed E-state index contributed by atoms with van der Waals surface area (Å²) in [6.07, 6.45) is 9.22. The summed E-state index contributed by atoms with van der Waals surface area (Å²) in [5.41, 5.74) is 0.0519. The monoisotopic (exact) mass is 375 g/mol. The SMILES string of the molecule is CC(C)(C)CC(=O)NCCCCCCCCCCS(=O)(=O)C(C)(C)C. The van der Waals surface area contributed by atoms with E-state index in [1.54, 1.807) is 20.8 Å². The van der Waals surface area contributed by atoms with Crippen LogP contribution in [0.5, 0.6) is 0 Å². The van der Waals surface area contributed by atoms with Gasteiger partial charge in [-0.05, 0) is 39.0 Å². The minimum absolute atomic E-state index is 0.0519. The summed E-state index contributed by atoms with van der Waals surface area (Å²) in [6.45, 7) is 12.3. The summed E-state index contributed by atoms with van der Waals surface area (Å²) in [4.78, 5) is 11.7. The van der Waals surface area contributed by atoms with E-state index in [9.17, 15) is 13.2 Å². The molecule has 150 valence electrons. The zero-order valence-corrected chi connectivity index (χ0v) is 18.2. The molecule has 0 rings (SSSR count). The molecule has 1 amide bonds. The van der Waals surface area contributed by atoms with E-state index in [1.165, 1.54) is 19.3 Å². The minimum atomic E-state index is -2.96. The Kier molecular flexibility index (Phi) is 10.9. The van der Waals surface area contributed by atoms with Crippen LogP contribution in [0, 0.1) is 5.41 Å². The van der Waals surface area contributed by atoms with Gasteiger partial charge in [0.05, 0.1) is 10.5 Å². The molecule has 5 heteroatoms. The minimum Gasteiger partial charge on any atom is -0.356 e. The number of hydrogen-bond donors (Lipinski definition) is 1. The lowest BCUT2D eigenvalue weighted by molar-refractivity contribution is -0.122. The Balaban J connectivity index is 3.48. The molecule has 0 saturated carbocycles. The molecule has 0 bridgehead atoms. The molecule has 0 radical (unpaired) electrons. The fourth-order valence-corrected chi connectivity index (χ4v) is 3.75. The van der Waals surface area contributed by atoms with Gasteiger partial charge in [-0.15, -0.1) is 0 Å². The third-order valence-corrected chi connectivity index (χ3v) is 6.98. The highest BCUT2D eigenvalue weighted by Gasteiger charge is 2.27. The smallest absolute Gasteiger partial charge is 0.220 e. The van der Waals surface area contributed by atoms with Crippen molar-refractivity contribution in [1.29, 1.82) is 0 Å². The largest absolute Gasteiger partial charge is 0.356 e. The highest BCUT2D eigenvalue weighted by Crippen LogP contribution is 2.19. The summed E-state index contributed by atoms with van der Waals surface area (Å²) >= 11 is 0. The van der Waals surface area contributed by atoms with Gasteiger partial charge in [0, 0.05) is 13.0 Å². The third kappa shape index (κ3) is 13.3. The summed E-state index contributed by atoms with van der Waals surface area (Å²) in [6, 6.07) is 0. The first-order valence-electron chi connectivity index (χ1n) is 9.84. The molecule has 0 fully saturated rings. The van der Waals surface area contributed by atoms with Crippen LogP contribution in [0.2, 0.25) is 0 Å². The molecule has 0 saturated heterocycles. The fourth-order valence-electron chi connectivity index (χ4n) is 2.56. The lowest BCUT2D eigenvalue weighted by Gasteiger charge is -2.18. The van der Waals surface area contributed by atoms with Crippen LogP contribution in [0.3, 0.4) is 0 Å². The maximum atomic E-state index is 12.0. The topological polar surface area (TPSA) is 63.2 Å². The summed E-state index contributed by atoms with van der Waals surface area (Å²) < 4.78 is 23.3. The Labute approximate surface area is 156 Å². The van der Waals surface area contributed by atoms with Gasteiger partial charge in [-0.2, -0.15) is 0 Å². The molecule has 0 aliphatic heterocycles. The number of rotatable bonds is 12. The molecular weight excluding hydrogens is 334 g/mol. The van der Waals surface area contributed by atoms with Crippen molar-refractivity contribution < 1.29 is 13.2 Å². The van der Waals surface area contributed by atoms with Gasteiger partial charge in [0.1, 0.15) is 0 Å². The third-order valence-electron chi connectivity index (χ3n) is 4.29. The second kappa shape index (κ2) is 11.2. The van der Waals surface area contributed by atoms with Crippen LogP contribution in [-0.4, -0.2) is 31.4 Å². The Morgan fingerprint density at radius 3 is 1.64 bits per heavy atom. The zero-order valence-electron chi connectivity index (χ0n) is 17.4. The average Bonchev–Trinajstić information content (AvgIpc) is 2.41. The second-order valence-corrected chi connectivity index (χ2v) is 12.2. The van der Waals surface area contributed by atoms with E-state index >= 15 is 0 Å². The first-order valence-corrected chi connectivity index (χ1v) is 11.5. The summed E-state index contributed by atoms with van der Waals surface area (Å²) in [7, 11) is -2.96. The molecule has 0 atom stereocenters. The first kappa shape index (κ1) is 24.4. The molecule has 1 N–H and O–H groups in total. The second-order valence-electron chi connectivity index (χ2n) is 9.35. The van der Waals surface area contributed by atoms with Crippen molar-refractivity contribution in [3.63, 3.8) is 0 Å². The predicted octanol–water partition coefficient (Wildman–Crippen LogP) is 4.87. The van der Waals surface area contributed by atoms with E-state index in [2.05, 4.69) is 26.1 Å². The predicted molar refractivity (Wildman–Crippen MR) is 108 cm³/mol. The molecule has 0 aromatic heterocycles. The number of carbonyl (C=O) groups excluding carboxylic acids is 1. The van der Waals surface area contributed by atoms with Crippen molar-refractivity contribution in [2.45, 2.75) is 104 Å². The van der Waals surface area contributed by atoms with Crippen molar-refractivity contribution in [2.24, 2.45) is 5.41 Å². The van der Waals surface area contributed by atoms with Crippen LogP contribution in [0.15, 0.2) is 0 Å². The van der Waals surface area contributed by atoms with Crippen LogP contribution in [-0.2, 0) is 14.6 Å². The van der Waals surface area contributed by atoms with Gasteiger partial charge in [0.25, 0.3) is 0 Å². The van der Waals surface area contributed by atoms with Gasteiger partial charge in [-0.3, -0.25) is 4.79 Å². The number of sulfone groups is 1. The van der Waals surface area contributed by atoms with Crippen molar-refractivity contribution in [2.75, 3.05) is 12.3 Å². The quantitative estimate of drug-likeness (QED) is 0.495. The van der Waals surface area contributed by atoms with E-state index < -0.39 is 14.6 Å². The Morgan fingerprint density at radius 1 is 0.760 bits per heavy atom. The van der Waals surface area contributed by atoms with Gasteiger partial charge in [-0.25, -0.2) is 8.42 Å². The number of amides is 1. The molecular formula is C20H41NO3S. The van der Waals surface area contributed by atoms with E-state index in [0.717, 1.165) is 38.6 Å². The number of nitrogens with one attached hydrogen (secondary N) is 1. The van der Waals surface area contributed by atoms with Gasteiger partial charge in [-0.1, -0.05) is 59.3 Å². The molecule has 0 spiro atoms. The normalized spacial score (nSPS) is 13.0. The maximum Gasteiger partial charge on any atom is 0.220 e. The Morgan fingerprint density at radius 2 is 1.20 bits per heavy atom. The Hall–Kier alpha value is -0.580. The summed E-state index contributed by atoms with van der Waals surface area (Å²) in [5.74, 6) is 0.461. The van der Waals surface area contributed by atoms with E-state index in [-0.39, 0.29) is 11.3 Å². The lowest BCUT2D eigenvalue weighted by atomic mass is 9.92. The van der Waals surface area contributed by atoms with E-state index in [0.29, 0.717) is 12.2 Å². The van der Waals surface area contributed by atoms with Gasteiger partial charge >= 0.3 is 0 Å². The summed E-state index contributed by atoms with van der Waals surface area (Å²) in [5, 5.41) is 2.99. The first-order chi connectivity index (χ1) is 11.4. The molecule has 0 aromatic rings. The van der Waals surface area contributed by atoms with Crippen LogP contribution in [0.1, 0.15) is 99.3 Å². The fraction of sp³-hybridized carbons (Fsp3) is 0.950. The van der Waals surface area contributed by atoms with E-state index in [1.807, 2.05) is 0 Å². The number of unbranched alkanes of at least 4 members (excludes halogenated alkanes) is 7. The molecule has 0 unspecified atom stereocenters. The van der Waals surface area contributed by atoms with Gasteiger partial charge < -0.3 is 5.32 Å². The van der Waals surface area contributed by atoms with Crippen molar-refractivity contribution in [3.8, 4) is 0 Å². The van der Waals surface area contributed by atoms with Crippen LogP contribution >= 0.6 is 0 Å². The highest BCUT2D eigenvalue weighted by molar-refractivity contribution is 7.92. The standard InChI is InChI=1S/C20H41NO3S/c1-19(2,3)17-18(22)21-15-13-11-9-7-8-10-12-14-16-25(23,24)20(4,5)6/h7-17H2,1-6H3,(H,21,22). The maximum absolute atomic E-state index is 12.0. The van der Waals surface area contributed by atoms with Gasteiger partial charge in [0.15, 0.2) is 9.84 Å². The van der Waals surface area contributed by atoms with Crippen LogP contribution in [0.4, 0.5) is 0 Å². The van der Waals surface area contributed by atoms with Gasteiger partial charge in [0.2, 0.25) is 5.91 Å². The molecule has 0 heterocycles.